The minimum Gasteiger partial charge on any atom is -0.338 e. The van der Waals surface area contributed by atoms with Gasteiger partial charge in [0, 0.05) is 12.7 Å². The van der Waals surface area contributed by atoms with E-state index in [-0.39, 0.29) is 5.44 Å². The van der Waals surface area contributed by atoms with Crippen LogP contribution in [0.15, 0.2) is 41.8 Å². The first-order chi connectivity index (χ1) is 6.96. The lowest BCUT2D eigenvalue weighted by molar-refractivity contribution is 0.381. The molecule has 0 aliphatic carbocycles. The highest BCUT2D eigenvalue weighted by Gasteiger charge is 2.24. The number of hydrogen-bond donors (Lipinski definition) is 2. The van der Waals surface area contributed by atoms with Crippen molar-refractivity contribution in [2.24, 2.45) is 0 Å². The summed E-state index contributed by atoms with van der Waals surface area (Å²) in [6, 6.07) is 9.07. The van der Waals surface area contributed by atoms with Crippen molar-refractivity contribution >= 4 is 13.3 Å². The van der Waals surface area contributed by atoms with Crippen LogP contribution in [0.25, 0.3) is 0 Å². The Morgan fingerprint density at radius 3 is 2.27 bits per heavy atom. The first-order valence-corrected chi connectivity index (χ1v) is 6.09. The van der Waals surface area contributed by atoms with Crippen molar-refractivity contribution < 1.29 is 14.4 Å². The molecule has 1 rings (SSSR count). The van der Waals surface area contributed by atoms with Crippen LogP contribution in [0, 0.1) is 0 Å². The smallest absolute Gasteiger partial charge is 0.338 e. The predicted octanol–water partition coefficient (Wildman–Crippen LogP) is 2.16. The molecule has 0 fully saturated rings. The molecule has 0 aromatic heterocycles. The number of allylic oxidation sites excluding steroid dienone is 1. The van der Waals surface area contributed by atoms with Crippen LogP contribution in [-0.2, 0) is 4.57 Å². The summed E-state index contributed by atoms with van der Waals surface area (Å²) in [6.45, 7) is 1.61. The van der Waals surface area contributed by atoms with E-state index in [1.165, 1.54) is 11.0 Å². The van der Waals surface area contributed by atoms with Crippen molar-refractivity contribution in [3.05, 3.63) is 41.8 Å². The maximum Gasteiger partial charge on any atom is 0.372 e. The minimum absolute atomic E-state index is 0.00806. The van der Waals surface area contributed by atoms with Crippen LogP contribution in [0.2, 0.25) is 0 Å². The second kappa shape index (κ2) is 4.62. The molecule has 0 bridgehead atoms. The molecule has 0 saturated heterocycles. The molecular weight excluding hydrogens is 213 g/mol. The van der Waals surface area contributed by atoms with E-state index in [2.05, 4.69) is 0 Å². The van der Waals surface area contributed by atoms with Gasteiger partial charge in [-0.15, -0.1) is 0 Å². The standard InChI is InChI=1S/C10H14NO3P/c1-3-10(15(12,13)14)11(2)9-7-5-4-6-8-9/h3-8H,1-2H3,(H2,12,13,14). The van der Waals surface area contributed by atoms with Crippen molar-refractivity contribution in [3.8, 4) is 0 Å². The van der Waals surface area contributed by atoms with E-state index in [4.69, 9.17) is 9.79 Å². The van der Waals surface area contributed by atoms with Gasteiger partial charge in [-0.05, 0) is 19.1 Å². The lowest BCUT2D eigenvalue weighted by Crippen LogP contribution is -2.16. The van der Waals surface area contributed by atoms with E-state index >= 15 is 0 Å². The average Bonchev–Trinajstić information content (AvgIpc) is 2.18. The van der Waals surface area contributed by atoms with Gasteiger partial charge >= 0.3 is 7.60 Å². The van der Waals surface area contributed by atoms with Crippen LogP contribution in [0.5, 0.6) is 0 Å². The Morgan fingerprint density at radius 2 is 1.87 bits per heavy atom. The van der Waals surface area contributed by atoms with Crippen molar-refractivity contribution in [1.82, 2.24) is 0 Å². The van der Waals surface area contributed by atoms with Crippen molar-refractivity contribution in [1.29, 1.82) is 0 Å². The molecule has 0 aliphatic heterocycles. The number of para-hydroxylation sites is 1. The molecule has 0 unspecified atom stereocenters. The lowest BCUT2D eigenvalue weighted by Gasteiger charge is -2.22. The quantitative estimate of drug-likeness (QED) is 0.777. The van der Waals surface area contributed by atoms with Crippen molar-refractivity contribution in [3.63, 3.8) is 0 Å². The zero-order valence-corrected chi connectivity index (χ0v) is 9.56. The molecule has 4 nitrogen and oxygen atoms in total. The van der Waals surface area contributed by atoms with Gasteiger partial charge in [0.05, 0.1) is 0 Å². The molecule has 5 heteroatoms. The third-order valence-corrected chi connectivity index (χ3v) is 3.20. The molecule has 1 aromatic rings. The number of nitrogens with zero attached hydrogens (tertiary/aromatic N) is 1. The predicted molar refractivity (Wildman–Crippen MR) is 60.6 cm³/mol. The molecule has 1 aromatic carbocycles. The van der Waals surface area contributed by atoms with Gasteiger partial charge in [0.15, 0.2) is 0 Å². The fourth-order valence-corrected chi connectivity index (χ4v) is 2.18. The first kappa shape index (κ1) is 12.0. The molecule has 0 saturated carbocycles. The summed E-state index contributed by atoms with van der Waals surface area (Å²) in [7, 11) is -2.58. The zero-order valence-electron chi connectivity index (χ0n) is 8.66. The molecule has 2 N–H and O–H groups in total. The third kappa shape index (κ3) is 2.93. The normalized spacial score (nSPS) is 12.7. The Kier molecular flexibility index (Phi) is 3.69. The summed E-state index contributed by atoms with van der Waals surface area (Å²) in [5, 5.41) is 0. The zero-order chi connectivity index (χ0) is 11.5. The SMILES string of the molecule is CC=C(N(C)c1ccccc1)P(=O)(O)O. The summed E-state index contributed by atoms with van der Waals surface area (Å²) >= 11 is 0. The van der Waals surface area contributed by atoms with Gasteiger partial charge in [0.2, 0.25) is 0 Å². The van der Waals surface area contributed by atoms with E-state index in [9.17, 15) is 4.57 Å². The van der Waals surface area contributed by atoms with Crippen LogP contribution in [0.3, 0.4) is 0 Å². The molecule has 15 heavy (non-hydrogen) atoms. The number of benzene rings is 1. The Bertz CT molecular complexity index is 396. The van der Waals surface area contributed by atoms with Crippen molar-refractivity contribution in [2.75, 3.05) is 11.9 Å². The summed E-state index contributed by atoms with van der Waals surface area (Å²) in [4.78, 5) is 19.7. The van der Waals surface area contributed by atoms with E-state index < -0.39 is 7.60 Å². The maximum absolute atomic E-state index is 11.2. The Balaban J connectivity index is 3.05. The fourth-order valence-electron chi connectivity index (χ4n) is 1.34. The van der Waals surface area contributed by atoms with Crippen LogP contribution >= 0.6 is 7.60 Å². The highest BCUT2D eigenvalue weighted by Crippen LogP contribution is 2.47. The van der Waals surface area contributed by atoms with Crippen LogP contribution < -0.4 is 4.90 Å². The summed E-state index contributed by atoms with van der Waals surface area (Å²) in [5.74, 6) is 0. The summed E-state index contributed by atoms with van der Waals surface area (Å²) in [5.41, 5.74) is 0.752. The molecule has 82 valence electrons. The van der Waals surface area contributed by atoms with Gasteiger partial charge in [0.1, 0.15) is 5.44 Å². The van der Waals surface area contributed by atoms with Crippen LogP contribution in [0.4, 0.5) is 5.69 Å². The topological polar surface area (TPSA) is 60.8 Å². The molecule has 0 spiro atoms. The van der Waals surface area contributed by atoms with E-state index in [0.29, 0.717) is 0 Å². The highest BCUT2D eigenvalue weighted by molar-refractivity contribution is 7.56. The van der Waals surface area contributed by atoms with E-state index in [1.807, 2.05) is 18.2 Å². The van der Waals surface area contributed by atoms with Crippen LogP contribution in [0.1, 0.15) is 6.92 Å². The maximum atomic E-state index is 11.2. The number of rotatable bonds is 3. The summed E-state index contributed by atoms with van der Waals surface area (Å²) < 4.78 is 11.2. The number of hydrogen-bond acceptors (Lipinski definition) is 2. The Morgan fingerprint density at radius 1 is 1.33 bits per heavy atom. The van der Waals surface area contributed by atoms with Crippen LogP contribution in [-0.4, -0.2) is 16.8 Å². The molecular formula is C10H14NO3P. The average molecular weight is 227 g/mol. The Hall–Kier alpha value is -1.09. The highest BCUT2D eigenvalue weighted by atomic mass is 31.2. The van der Waals surface area contributed by atoms with Gasteiger partial charge < -0.3 is 14.7 Å². The lowest BCUT2D eigenvalue weighted by atomic mass is 10.3. The van der Waals surface area contributed by atoms with E-state index in [0.717, 1.165) is 5.69 Å². The van der Waals surface area contributed by atoms with Gasteiger partial charge in [-0.1, -0.05) is 24.3 Å². The van der Waals surface area contributed by atoms with Gasteiger partial charge in [-0.3, -0.25) is 4.57 Å². The van der Waals surface area contributed by atoms with Gasteiger partial charge in [-0.2, -0.15) is 0 Å². The monoisotopic (exact) mass is 227 g/mol. The second-order valence-corrected chi connectivity index (χ2v) is 4.63. The largest absolute Gasteiger partial charge is 0.372 e. The van der Waals surface area contributed by atoms with E-state index in [1.54, 1.807) is 26.1 Å². The first-order valence-electron chi connectivity index (χ1n) is 4.48. The minimum atomic E-state index is -4.21. The van der Waals surface area contributed by atoms with Gasteiger partial charge in [-0.25, -0.2) is 0 Å². The summed E-state index contributed by atoms with van der Waals surface area (Å²) in [6.07, 6.45) is 1.42. The van der Waals surface area contributed by atoms with Gasteiger partial charge in [0.25, 0.3) is 0 Å². The third-order valence-electron chi connectivity index (χ3n) is 2.04. The molecule has 0 aliphatic rings. The molecule has 0 amide bonds. The Labute approximate surface area is 89.0 Å². The van der Waals surface area contributed by atoms with Crippen molar-refractivity contribution in [2.45, 2.75) is 6.92 Å². The second-order valence-electron chi connectivity index (χ2n) is 3.09. The molecule has 0 atom stereocenters. The fraction of sp³-hybridized carbons (Fsp3) is 0.200. The molecule has 0 radical (unpaired) electrons. The number of anilines is 1. The molecule has 0 heterocycles.